The van der Waals surface area contributed by atoms with Crippen molar-refractivity contribution >= 4 is 23.3 Å². The molecule has 11 nitrogen and oxygen atoms in total. The van der Waals surface area contributed by atoms with Crippen LogP contribution in [0.3, 0.4) is 0 Å². The first-order valence-electron chi connectivity index (χ1n) is 9.77. The number of anilines is 1. The number of nitriles is 1. The molecule has 2 aromatic heterocycles. The molecular formula is C20H25N5O6. The maximum absolute atomic E-state index is 12.5. The van der Waals surface area contributed by atoms with Gasteiger partial charge in [-0.15, -0.1) is 0 Å². The number of hydrogen-bond acceptors (Lipinski definition) is 10. The average Bonchev–Trinajstić information content (AvgIpc) is 3.27. The van der Waals surface area contributed by atoms with Crippen molar-refractivity contribution in [2.75, 3.05) is 12.3 Å². The van der Waals surface area contributed by atoms with Gasteiger partial charge >= 0.3 is 11.9 Å². The smallest absolute Gasteiger partial charge is 0.311 e. The van der Waals surface area contributed by atoms with Crippen LogP contribution in [0.4, 0.5) is 5.82 Å². The Morgan fingerprint density at radius 1 is 1.42 bits per heavy atom. The van der Waals surface area contributed by atoms with Gasteiger partial charge < -0.3 is 25.1 Å². The Kier molecular flexibility index (Phi) is 5.89. The van der Waals surface area contributed by atoms with Crippen LogP contribution in [0.2, 0.25) is 0 Å². The zero-order valence-corrected chi connectivity index (χ0v) is 17.7. The molecule has 1 aliphatic rings. The minimum atomic E-state index is -1.96. The van der Waals surface area contributed by atoms with Gasteiger partial charge in [-0.3, -0.25) is 9.59 Å². The largest absolute Gasteiger partial charge is 0.463 e. The SMILES string of the molecule is CCC(=O)OC[C@H]1O[C@@](C#N)(c2ccc3c(N)ncnn23)[C@H](O)[C@@H]1OC(=O)C(C)(C)C. The fourth-order valence-corrected chi connectivity index (χ4v) is 3.25. The minimum Gasteiger partial charge on any atom is -0.463 e. The molecule has 31 heavy (non-hydrogen) atoms. The second kappa shape index (κ2) is 8.13. The quantitative estimate of drug-likeness (QED) is 0.644. The van der Waals surface area contributed by atoms with Gasteiger partial charge in [-0.1, -0.05) is 6.92 Å². The summed E-state index contributed by atoms with van der Waals surface area (Å²) >= 11 is 0. The summed E-state index contributed by atoms with van der Waals surface area (Å²) in [5, 5.41) is 25.3. The summed E-state index contributed by atoms with van der Waals surface area (Å²) in [4.78, 5) is 28.1. The van der Waals surface area contributed by atoms with Crippen molar-refractivity contribution < 1.29 is 28.9 Å². The molecule has 1 aliphatic heterocycles. The van der Waals surface area contributed by atoms with Crippen molar-refractivity contribution in [3.05, 3.63) is 24.2 Å². The molecule has 0 amide bonds. The topological polar surface area (TPSA) is 162 Å². The van der Waals surface area contributed by atoms with E-state index in [1.165, 1.54) is 16.9 Å². The van der Waals surface area contributed by atoms with E-state index in [0.29, 0.717) is 5.52 Å². The van der Waals surface area contributed by atoms with Crippen LogP contribution in [0.1, 0.15) is 39.8 Å². The lowest BCUT2D eigenvalue weighted by Crippen LogP contribution is -2.44. The molecular weight excluding hydrogens is 406 g/mol. The van der Waals surface area contributed by atoms with Gasteiger partial charge in [0.05, 0.1) is 11.1 Å². The zero-order chi connectivity index (χ0) is 23.0. The normalized spacial score (nSPS) is 25.9. The molecule has 0 saturated carbocycles. The molecule has 1 saturated heterocycles. The Hall–Kier alpha value is -3.23. The van der Waals surface area contributed by atoms with Crippen LogP contribution in [-0.2, 0) is 29.4 Å². The van der Waals surface area contributed by atoms with Crippen molar-refractivity contribution in [1.82, 2.24) is 14.6 Å². The summed E-state index contributed by atoms with van der Waals surface area (Å²) in [6.45, 7) is 6.28. The van der Waals surface area contributed by atoms with Gasteiger partial charge in [-0.25, -0.2) is 9.50 Å². The minimum absolute atomic E-state index is 0.130. The average molecular weight is 431 g/mol. The summed E-state index contributed by atoms with van der Waals surface area (Å²) in [5.74, 6) is -0.930. The first-order chi connectivity index (χ1) is 14.5. The Morgan fingerprint density at radius 3 is 2.74 bits per heavy atom. The van der Waals surface area contributed by atoms with E-state index in [2.05, 4.69) is 10.1 Å². The number of aliphatic hydroxyl groups is 1. The van der Waals surface area contributed by atoms with Crippen molar-refractivity contribution in [2.24, 2.45) is 5.41 Å². The lowest BCUT2D eigenvalue weighted by Gasteiger charge is -2.26. The van der Waals surface area contributed by atoms with Crippen molar-refractivity contribution in [3.63, 3.8) is 0 Å². The van der Waals surface area contributed by atoms with Gasteiger partial charge in [0.25, 0.3) is 0 Å². The second-order valence-electron chi connectivity index (χ2n) is 8.27. The highest BCUT2D eigenvalue weighted by atomic mass is 16.6. The first kappa shape index (κ1) is 22.5. The third-order valence-corrected chi connectivity index (χ3v) is 5.01. The lowest BCUT2D eigenvalue weighted by atomic mass is 9.92. The predicted octanol–water partition coefficient (Wildman–Crippen LogP) is 0.701. The fourth-order valence-electron chi connectivity index (χ4n) is 3.25. The summed E-state index contributed by atoms with van der Waals surface area (Å²) in [6, 6.07) is 5.10. The number of hydrogen-bond donors (Lipinski definition) is 2. The lowest BCUT2D eigenvalue weighted by molar-refractivity contribution is -0.168. The van der Waals surface area contributed by atoms with Crippen LogP contribution >= 0.6 is 0 Å². The zero-order valence-electron chi connectivity index (χ0n) is 17.7. The number of fused-ring (bicyclic) bond motifs is 1. The molecule has 2 aromatic rings. The van der Waals surface area contributed by atoms with E-state index >= 15 is 0 Å². The molecule has 0 bridgehead atoms. The molecule has 0 spiro atoms. The van der Waals surface area contributed by atoms with Gasteiger partial charge in [-0.05, 0) is 32.9 Å². The van der Waals surface area contributed by atoms with E-state index in [0.717, 1.165) is 0 Å². The summed E-state index contributed by atoms with van der Waals surface area (Å²) < 4.78 is 18.0. The maximum atomic E-state index is 12.5. The highest BCUT2D eigenvalue weighted by Gasteiger charge is 2.60. The molecule has 1 fully saturated rings. The van der Waals surface area contributed by atoms with Crippen molar-refractivity contribution in [1.29, 1.82) is 5.26 Å². The van der Waals surface area contributed by atoms with E-state index in [1.807, 2.05) is 6.07 Å². The summed E-state index contributed by atoms with van der Waals surface area (Å²) in [6.07, 6.45) is -2.61. The Bertz CT molecular complexity index is 1040. The molecule has 0 unspecified atom stereocenters. The molecule has 3 heterocycles. The first-order valence-corrected chi connectivity index (χ1v) is 9.77. The van der Waals surface area contributed by atoms with Crippen LogP contribution in [0, 0.1) is 16.7 Å². The molecule has 3 N–H and O–H groups in total. The van der Waals surface area contributed by atoms with Gasteiger partial charge in [0, 0.05) is 6.42 Å². The summed E-state index contributed by atoms with van der Waals surface area (Å²) in [5.41, 5.74) is 3.62. The molecule has 0 aliphatic carbocycles. The number of aromatic nitrogens is 3. The van der Waals surface area contributed by atoms with Crippen LogP contribution < -0.4 is 5.73 Å². The molecule has 0 radical (unpaired) electrons. The summed E-state index contributed by atoms with van der Waals surface area (Å²) in [7, 11) is 0. The fraction of sp³-hybridized carbons (Fsp3) is 0.550. The van der Waals surface area contributed by atoms with Crippen LogP contribution in [0.5, 0.6) is 0 Å². The van der Waals surface area contributed by atoms with E-state index in [-0.39, 0.29) is 24.5 Å². The number of nitrogens with zero attached hydrogens (tertiary/aromatic N) is 4. The number of nitrogens with two attached hydrogens (primary N) is 1. The van der Waals surface area contributed by atoms with Crippen LogP contribution in [0.25, 0.3) is 5.52 Å². The second-order valence-corrected chi connectivity index (χ2v) is 8.27. The van der Waals surface area contributed by atoms with Gasteiger partial charge in [0.2, 0.25) is 5.60 Å². The maximum Gasteiger partial charge on any atom is 0.311 e. The van der Waals surface area contributed by atoms with Crippen LogP contribution in [0.15, 0.2) is 18.5 Å². The standard InChI is InChI=1S/C20H25N5O6/c1-5-14(26)29-8-12-15(30-18(28)19(2,3)4)16(27)20(9-21,31-12)13-7-6-11-17(22)23-10-24-25(11)13/h6-7,10,12,15-16,27H,5,8H2,1-4H3,(H2,22,23,24)/t12-,15-,16-,20+/m1/s1. The Morgan fingerprint density at radius 2 is 2.13 bits per heavy atom. The molecule has 166 valence electrons. The van der Waals surface area contributed by atoms with Gasteiger partial charge in [0.15, 0.2) is 11.9 Å². The Balaban J connectivity index is 2.04. The van der Waals surface area contributed by atoms with Crippen molar-refractivity contribution in [2.45, 2.75) is 58.0 Å². The molecule has 3 rings (SSSR count). The third kappa shape index (κ3) is 3.92. The predicted molar refractivity (Wildman–Crippen MR) is 106 cm³/mol. The Labute approximate surface area is 178 Å². The number of carbonyl (C=O) groups is 2. The van der Waals surface area contributed by atoms with E-state index in [9.17, 15) is 20.0 Å². The highest BCUT2D eigenvalue weighted by Crippen LogP contribution is 2.42. The number of carbonyl (C=O) groups excluding carboxylic acids is 2. The highest BCUT2D eigenvalue weighted by molar-refractivity contribution is 5.75. The van der Waals surface area contributed by atoms with E-state index in [4.69, 9.17) is 19.9 Å². The molecule has 11 heteroatoms. The number of rotatable bonds is 5. The number of nitrogen functional groups attached to an aromatic ring is 1. The number of aliphatic hydroxyl groups excluding tert-OH is 1. The van der Waals surface area contributed by atoms with Crippen LogP contribution in [-0.4, -0.2) is 56.6 Å². The van der Waals surface area contributed by atoms with Crippen molar-refractivity contribution in [3.8, 4) is 6.07 Å². The van der Waals surface area contributed by atoms with Gasteiger partial charge in [0.1, 0.15) is 36.7 Å². The number of ether oxygens (including phenoxy) is 3. The molecule has 0 aromatic carbocycles. The molecule has 4 atom stereocenters. The third-order valence-electron chi connectivity index (χ3n) is 5.01. The van der Waals surface area contributed by atoms with E-state index < -0.39 is 41.3 Å². The van der Waals surface area contributed by atoms with E-state index in [1.54, 1.807) is 33.8 Å². The number of esters is 2. The monoisotopic (exact) mass is 431 g/mol. The van der Waals surface area contributed by atoms with Gasteiger partial charge in [-0.2, -0.15) is 10.4 Å².